The van der Waals surface area contributed by atoms with Gasteiger partial charge in [-0.25, -0.2) is 0 Å². The largest absolute Gasteiger partial charge is 0.489 e. The summed E-state index contributed by atoms with van der Waals surface area (Å²) < 4.78 is 11.5. The van der Waals surface area contributed by atoms with E-state index in [9.17, 15) is 0 Å². The molecule has 1 heterocycles. The lowest BCUT2D eigenvalue weighted by molar-refractivity contribution is -0.0246. The Balaban J connectivity index is 1.42. The van der Waals surface area contributed by atoms with Crippen molar-refractivity contribution in [2.24, 2.45) is 5.92 Å². The number of hydrogen-bond donors (Lipinski definition) is 0. The van der Waals surface area contributed by atoms with Gasteiger partial charge in [-0.2, -0.15) is 0 Å². The SMILES string of the molecule is CC(C)C1COCCN1CCCc1ccc(COc2ccccc2)cc1. The van der Waals surface area contributed by atoms with Crippen LogP contribution in [0.2, 0.25) is 0 Å². The van der Waals surface area contributed by atoms with Crippen molar-refractivity contribution >= 4 is 0 Å². The molecule has 0 radical (unpaired) electrons. The zero-order chi connectivity index (χ0) is 18.2. The number of nitrogens with zero attached hydrogens (tertiary/aromatic N) is 1. The molecule has 1 aliphatic rings. The maximum Gasteiger partial charge on any atom is 0.119 e. The number of ether oxygens (including phenoxy) is 2. The van der Waals surface area contributed by atoms with Gasteiger partial charge in [-0.3, -0.25) is 4.90 Å². The van der Waals surface area contributed by atoms with Gasteiger partial charge in [0.1, 0.15) is 12.4 Å². The second-order valence-corrected chi connectivity index (χ2v) is 7.44. The summed E-state index contributed by atoms with van der Waals surface area (Å²) in [4.78, 5) is 2.61. The minimum absolute atomic E-state index is 0.571. The molecule has 1 atom stereocenters. The third-order valence-electron chi connectivity index (χ3n) is 5.13. The quantitative estimate of drug-likeness (QED) is 0.695. The monoisotopic (exact) mass is 353 g/mol. The van der Waals surface area contributed by atoms with Gasteiger partial charge in [-0.1, -0.05) is 56.3 Å². The summed E-state index contributed by atoms with van der Waals surface area (Å²) in [6.45, 7) is 9.19. The lowest BCUT2D eigenvalue weighted by atomic mass is 10.0. The van der Waals surface area contributed by atoms with Crippen molar-refractivity contribution in [3.8, 4) is 5.75 Å². The summed E-state index contributed by atoms with van der Waals surface area (Å²) in [5, 5.41) is 0. The van der Waals surface area contributed by atoms with Crippen molar-refractivity contribution in [3.63, 3.8) is 0 Å². The third-order valence-corrected chi connectivity index (χ3v) is 5.13. The van der Waals surface area contributed by atoms with Gasteiger partial charge in [0.2, 0.25) is 0 Å². The van der Waals surface area contributed by atoms with Crippen LogP contribution in [0.1, 0.15) is 31.4 Å². The van der Waals surface area contributed by atoms with Crippen molar-refractivity contribution in [2.45, 2.75) is 39.3 Å². The molecule has 0 spiro atoms. The molecule has 0 N–H and O–H groups in total. The first-order valence-electron chi connectivity index (χ1n) is 9.80. The van der Waals surface area contributed by atoms with E-state index in [-0.39, 0.29) is 0 Å². The Hall–Kier alpha value is -1.84. The van der Waals surface area contributed by atoms with Gasteiger partial charge >= 0.3 is 0 Å². The fourth-order valence-corrected chi connectivity index (χ4v) is 3.52. The first kappa shape index (κ1) is 18.9. The number of morpholine rings is 1. The zero-order valence-electron chi connectivity index (χ0n) is 16.1. The van der Waals surface area contributed by atoms with Crippen molar-refractivity contribution in [2.75, 3.05) is 26.3 Å². The molecule has 0 saturated carbocycles. The Labute approximate surface area is 157 Å². The van der Waals surface area contributed by atoms with Crippen molar-refractivity contribution < 1.29 is 9.47 Å². The highest BCUT2D eigenvalue weighted by molar-refractivity contribution is 5.24. The average Bonchev–Trinajstić information content (AvgIpc) is 2.68. The fourth-order valence-electron chi connectivity index (χ4n) is 3.52. The molecule has 3 nitrogen and oxygen atoms in total. The first-order chi connectivity index (χ1) is 12.7. The summed E-state index contributed by atoms with van der Waals surface area (Å²) in [5.74, 6) is 1.57. The smallest absolute Gasteiger partial charge is 0.119 e. The van der Waals surface area contributed by atoms with Crippen LogP contribution in [-0.2, 0) is 17.8 Å². The van der Waals surface area contributed by atoms with E-state index in [1.54, 1.807) is 0 Å². The van der Waals surface area contributed by atoms with Gasteiger partial charge in [-0.05, 0) is 48.6 Å². The molecule has 3 heteroatoms. The van der Waals surface area contributed by atoms with Gasteiger partial charge in [0.05, 0.1) is 13.2 Å². The molecule has 2 aromatic rings. The van der Waals surface area contributed by atoms with Crippen LogP contribution in [0.25, 0.3) is 0 Å². The van der Waals surface area contributed by atoms with E-state index >= 15 is 0 Å². The lowest BCUT2D eigenvalue weighted by Crippen LogP contribution is -2.48. The minimum Gasteiger partial charge on any atom is -0.489 e. The standard InChI is InChI=1S/C23H31NO2/c1-19(2)23-18-25-16-15-24(23)14-6-7-20-10-12-21(13-11-20)17-26-22-8-4-3-5-9-22/h3-5,8-13,19,23H,6-7,14-18H2,1-2H3. The van der Waals surface area contributed by atoms with E-state index in [1.165, 1.54) is 17.5 Å². The molecule has 1 saturated heterocycles. The molecule has 0 bridgehead atoms. The molecule has 1 fully saturated rings. The Morgan fingerprint density at radius 2 is 1.77 bits per heavy atom. The van der Waals surface area contributed by atoms with Crippen LogP contribution >= 0.6 is 0 Å². The molecule has 1 unspecified atom stereocenters. The number of benzene rings is 2. The summed E-state index contributed by atoms with van der Waals surface area (Å²) in [6, 6.07) is 19.4. The zero-order valence-corrected chi connectivity index (χ0v) is 16.1. The summed E-state index contributed by atoms with van der Waals surface area (Å²) >= 11 is 0. The maximum atomic E-state index is 5.81. The van der Waals surface area contributed by atoms with E-state index in [0.717, 1.165) is 38.5 Å². The Kier molecular flexibility index (Phi) is 7.10. The van der Waals surface area contributed by atoms with E-state index in [0.29, 0.717) is 18.6 Å². The van der Waals surface area contributed by atoms with E-state index in [2.05, 4.69) is 43.0 Å². The van der Waals surface area contributed by atoms with Crippen molar-refractivity contribution in [1.29, 1.82) is 0 Å². The molecule has 1 aliphatic heterocycles. The van der Waals surface area contributed by atoms with Crippen LogP contribution in [0.15, 0.2) is 54.6 Å². The van der Waals surface area contributed by atoms with E-state index in [1.807, 2.05) is 30.3 Å². The first-order valence-corrected chi connectivity index (χ1v) is 9.80. The Morgan fingerprint density at radius 3 is 2.50 bits per heavy atom. The van der Waals surface area contributed by atoms with Crippen molar-refractivity contribution in [3.05, 3.63) is 65.7 Å². The highest BCUT2D eigenvalue weighted by atomic mass is 16.5. The van der Waals surface area contributed by atoms with Crippen LogP contribution in [0.4, 0.5) is 0 Å². The van der Waals surface area contributed by atoms with E-state index < -0.39 is 0 Å². The van der Waals surface area contributed by atoms with Crippen LogP contribution in [0, 0.1) is 5.92 Å². The summed E-state index contributed by atoms with van der Waals surface area (Å²) in [7, 11) is 0. The Bertz CT molecular complexity index is 639. The minimum atomic E-state index is 0.571. The van der Waals surface area contributed by atoms with Crippen LogP contribution in [0.5, 0.6) is 5.75 Å². The highest BCUT2D eigenvalue weighted by Crippen LogP contribution is 2.17. The number of aryl methyl sites for hydroxylation is 1. The molecular formula is C23H31NO2. The van der Waals surface area contributed by atoms with Gasteiger partial charge in [0.25, 0.3) is 0 Å². The van der Waals surface area contributed by atoms with Gasteiger partial charge in [0.15, 0.2) is 0 Å². The van der Waals surface area contributed by atoms with Gasteiger partial charge in [0, 0.05) is 12.6 Å². The highest BCUT2D eigenvalue weighted by Gasteiger charge is 2.24. The summed E-state index contributed by atoms with van der Waals surface area (Å²) in [5.41, 5.74) is 2.62. The number of para-hydroxylation sites is 1. The molecule has 0 aromatic heterocycles. The van der Waals surface area contributed by atoms with Gasteiger partial charge < -0.3 is 9.47 Å². The molecular weight excluding hydrogens is 322 g/mol. The molecule has 0 amide bonds. The molecule has 2 aromatic carbocycles. The van der Waals surface area contributed by atoms with Crippen molar-refractivity contribution in [1.82, 2.24) is 4.90 Å². The average molecular weight is 354 g/mol. The number of rotatable bonds is 8. The van der Waals surface area contributed by atoms with Gasteiger partial charge in [-0.15, -0.1) is 0 Å². The predicted octanol–water partition coefficient (Wildman–Crippen LogP) is 4.56. The lowest BCUT2D eigenvalue weighted by Gasteiger charge is -2.38. The summed E-state index contributed by atoms with van der Waals surface area (Å²) in [6.07, 6.45) is 2.32. The van der Waals surface area contributed by atoms with Crippen LogP contribution in [-0.4, -0.2) is 37.2 Å². The third kappa shape index (κ3) is 5.58. The molecule has 140 valence electrons. The second-order valence-electron chi connectivity index (χ2n) is 7.44. The van der Waals surface area contributed by atoms with Crippen LogP contribution < -0.4 is 4.74 Å². The second kappa shape index (κ2) is 9.75. The fraction of sp³-hybridized carbons (Fsp3) is 0.478. The number of hydrogen-bond acceptors (Lipinski definition) is 3. The molecule has 3 rings (SSSR count). The Morgan fingerprint density at radius 1 is 1.04 bits per heavy atom. The van der Waals surface area contributed by atoms with Crippen LogP contribution in [0.3, 0.4) is 0 Å². The van der Waals surface area contributed by atoms with E-state index in [4.69, 9.17) is 9.47 Å². The maximum absolute atomic E-state index is 5.81. The normalized spacial score (nSPS) is 18.2. The topological polar surface area (TPSA) is 21.7 Å². The predicted molar refractivity (Wildman–Crippen MR) is 107 cm³/mol. The molecule has 26 heavy (non-hydrogen) atoms. The molecule has 0 aliphatic carbocycles.